The Morgan fingerprint density at radius 1 is 0.469 bits per heavy atom. The van der Waals surface area contributed by atoms with E-state index < -0.39 is 12.1 Å². The molecule has 0 heterocycles. The van der Waals surface area contributed by atoms with Crippen LogP contribution in [0.4, 0.5) is 0 Å². The molecule has 0 rings (SSSR count). The van der Waals surface area contributed by atoms with Crippen molar-refractivity contribution in [2.24, 2.45) is 0 Å². The molecular formula is C45H89NO3. The van der Waals surface area contributed by atoms with E-state index in [0.29, 0.717) is 6.42 Å². The Labute approximate surface area is 307 Å². The molecule has 0 radical (unpaired) electrons. The summed E-state index contributed by atoms with van der Waals surface area (Å²) in [5.74, 6) is -0.0591. The molecule has 3 N–H and O–H groups in total. The lowest BCUT2D eigenvalue weighted by Gasteiger charge is -2.20. The molecule has 0 aliphatic rings. The number of aliphatic hydroxyl groups excluding tert-OH is 2. The summed E-state index contributed by atoms with van der Waals surface area (Å²) in [5, 5.41) is 23.0. The Morgan fingerprint density at radius 3 is 1.06 bits per heavy atom. The van der Waals surface area contributed by atoms with E-state index in [0.717, 1.165) is 25.7 Å². The van der Waals surface area contributed by atoms with Crippen LogP contribution in [-0.4, -0.2) is 34.9 Å². The summed E-state index contributed by atoms with van der Waals surface area (Å²) in [6.45, 7) is 4.33. The summed E-state index contributed by atoms with van der Waals surface area (Å²) in [6.07, 6.45) is 51.8. The zero-order valence-electron chi connectivity index (χ0n) is 33.5. The SMILES string of the molecule is CCCCCCCCCCCCCCC/C=C/C(O)C(CO)NC(=O)CCCCCCCCCCCCCCCCCCCCCCCC. The third kappa shape index (κ3) is 38.2. The van der Waals surface area contributed by atoms with Crippen LogP contribution in [0.15, 0.2) is 12.2 Å². The van der Waals surface area contributed by atoms with Crippen LogP contribution in [0.1, 0.15) is 251 Å². The lowest BCUT2D eigenvalue weighted by molar-refractivity contribution is -0.123. The first-order valence-corrected chi connectivity index (χ1v) is 22.4. The number of allylic oxidation sites excluding steroid dienone is 1. The summed E-state index contributed by atoms with van der Waals surface area (Å²) >= 11 is 0. The molecule has 4 nitrogen and oxygen atoms in total. The normalized spacial score (nSPS) is 13.0. The molecule has 2 unspecified atom stereocenters. The van der Waals surface area contributed by atoms with Crippen molar-refractivity contribution in [2.45, 2.75) is 264 Å². The topological polar surface area (TPSA) is 69.6 Å². The predicted octanol–water partition coefficient (Wildman–Crippen LogP) is 13.9. The number of rotatable bonds is 41. The molecule has 0 aromatic carbocycles. The van der Waals surface area contributed by atoms with Gasteiger partial charge in [0.2, 0.25) is 5.91 Å². The van der Waals surface area contributed by atoms with Crippen molar-refractivity contribution in [3.8, 4) is 0 Å². The largest absolute Gasteiger partial charge is 0.394 e. The van der Waals surface area contributed by atoms with E-state index in [4.69, 9.17) is 0 Å². The fourth-order valence-corrected chi connectivity index (χ4v) is 7.06. The van der Waals surface area contributed by atoms with Gasteiger partial charge in [-0.2, -0.15) is 0 Å². The van der Waals surface area contributed by atoms with Crippen LogP contribution >= 0.6 is 0 Å². The average Bonchev–Trinajstić information content (AvgIpc) is 3.10. The quantitative estimate of drug-likeness (QED) is 0.0441. The Balaban J connectivity index is 3.50. The maximum Gasteiger partial charge on any atom is 0.220 e. The second kappa shape index (κ2) is 41.5. The number of unbranched alkanes of at least 4 members (excludes halogenated alkanes) is 34. The summed E-state index contributed by atoms with van der Waals surface area (Å²) in [6, 6.07) is -0.616. The average molecular weight is 692 g/mol. The monoisotopic (exact) mass is 692 g/mol. The molecule has 2 atom stereocenters. The zero-order chi connectivity index (χ0) is 35.7. The molecule has 0 aliphatic heterocycles. The van der Waals surface area contributed by atoms with E-state index in [1.165, 1.54) is 205 Å². The van der Waals surface area contributed by atoms with Gasteiger partial charge in [-0.15, -0.1) is 0 Å². The van der Waals surface area contributed by atoms with Gasteiger partial charge < -0.3 is 15.5 Å². The minimum Gasteiger partial charge on any atom is -0.394 e. The third-order valence-corrected chi connectivity index (χ3v) is 10.5. The lowest BCUT2D eigenvalue weighted by atomic mass is 10.0. The van der Waals surface area contributed by atoms with Crippen LogP contribution in [0.3, 0.4) is 0 Å². The van der Waals surface area contributed by atoms with Crippen molar-refractivity contribution in [3.05, 3.63) is 12.2 Å². The first kappa shape index (κ1) is 48.1. The maximum absolute atomic E-state index is 12.4. The van der Waals surface area contributed by atoms with Crippen LogP contribution < -0.4 is 5.32 Å². The smallest absolute Gasteiger partial charge is 0.220 e. The van der Waals surface area contributed by atoms with Gasteiger partial charge in [0.15, 0.2) is 0 Å². The van der Waals surface area contributed by atoms with E-state index in [1.54, 1.807) is 6.08 Å². The van der Waals surface area contributed by atoms with Gasteiger partial charge in [0.1, 0.15) is 0 Å². The maximum atomic E-state index is 12.4. The Morgan fingerprint density at radius 2 is 0.755 bits per heavy atom. The van der Waals surface area contributed by atoms with Crippen LogP contribution in [-0.2, 0) is 4.79 Å². The highest BCUT2D eigenvalue weighted by Crippen LogP contribution is 2.16. The Kier molecular flexibility index (Phi) is 40.8. The van der Waals surface area contributed by atoms with E-state index in [9.17, 15) is 15.0 Å². The Bertz CT molecular complexity index is 666. The second-order valence-corrected chi connectivity index (χ2v) is 15.5. The number of nitrogens with one attached hydrogen (secondary N) is 1. The fraction of sp³-hybridized carbons (Fsp3) is 0.933. The van der Waals surface area contributed by atoms with Gasteiger partial charge >= 0.3 is 0 Å². The van der Waals surface area contributed by atoms with Crippen molar-refractivity contribution in [3.63, 3.8) is 0 Å². The molecule has 4 heteroatoms. The number of carbonyl (C=O) groups excluding carboxylic acids is 1. The van der Waals surface area contributed by atoms with Crippen molar-refractivity contribution < 1.29 is 15.0 Å². The Hall–Kier alpha value is -0.870. The van der Waals surface area contributed by atoms with Gasteiger partial charge in [-0.05, 0) is 19.3 Å². The molecule has 0 saturated carbocycles. The summed E-state index contributed by atoms with van der Waals surface area (Å²) in [7, 11) is 0. The number of hydrogen-bond acceptors (Lipinski definition) is 3. The van der Waals surface area contributed by atoms with Crippen LogP contribution in [0.2, 0.25) is 0 Å². The third-order valence-electron chi connectivity index (χ3n) is 10.5. The molecule has 0 aliphatic carbocycles. The van der Waals surface area contributed by atoms with E-state index in [2.05, 4.69) is 19.2 Å². The van der Waals surface area contributed by atoms with Crippen LogP contribution in [0.25, 0.3) is 0 Å². The second-order valence-electron chi connectivity index (χ2n) is 15.5. The summed E-state index contributed by atoms with van der Waals surface area (Å²) in [4.78, 5) is 12.4. The van der Waals surface area contributed by atoms with Gasteiger partial charge in [-0.1, -0.05) is 238 Å². The fourth-order valence-electron chi connectivity index (χ4n) is 7.06. The molecule has 0 saturated heterocycles. The zero-order valence-corrected chi connectivity index (χ0v) is 33.5. The van der Waals surface area contributed by atoms with Gasteiger partial charge in [-0.3, -0.25) is 4.79 Å². The summed E-state index contributed by atoms with van der Waals surface area (Å²) in [5.41, 5.74) is 0. The van der Waals surface area contributed by atoms with Crippen molar-refractivity contribution in [1.29, 1.82) is 0 Å². The highest BCUT2D eigenvalue weighted by molar-refractivity contribution is 5.76. The number of amides is 1. The molecule has 292 valence electrons. The summed E-state index contributed by atoms with van der Waals surface area (Å²) < 4.78 is 0. The molecule has 49 heavy (non-hydrogen) atoms. The van der Waals surface area contributed by atoms with Gasteiger partial charge in [0.05, 0.1) is 18.8 Å². The molecule has 0 bridgehead atoms. The standard InChI is InChI=1S/C45H89NO3/c1-3-5-7-9-11-13-15-17-19-20-21-22-23-24-25-27-29-31-33-35-37-39-41-45(49)46-43(42-47)44(48)40-38-36-34-32-30-28-26-18-16-14-12-10-8-6-4-2/h38,40,43-44,47-48H,3-37,39,41-42H2,1-2H3,(H,46,49)/b40-38+. The van der Waals surface area contributed by atoms with Crippen molar-refractivity contribution >= 4 is 5.91 Å². The molecule has 0 aromatic heterocycles. The number of aliphatic hydroxyl groups is 2. The van der Waals surface area contributed by atoms with E-state index in [-0.39, 0.29) is 12.5 Å². The highest BCUT2D eigenvalue weighted by Gasteiger charge is 2.17. The molecule has 1 amide bonds. The van der Waals surface area contributed by atoms with Crippen molar-refractivity contribution in [1.82, 2.24) is 5.32 Å². The van der Waals surface area contributed by atoms with Gasteiger partial charge in [0, 0.05) is 6.42 Å². The van der Waals surface area contributed by atoms with E-state index >= 15 is 0 Å². The first-order valence-electron chi connectivity index (χ1n) is 22.4. The molecule has 0 aromatic rings. The molecule has 0 spiro atoms. The number of carbonyl (C=O) groups is 1. The molecule has 0 fully saturated rings. The van der Waals surface area contributed by atoms with Gasteiger partial charge in [-0.25, -0.2) is 0 Å². The first-order chi connectivity index (χ1) is 24.2. The minimum absolute atomic E-state index is 0.0591. The number of hydrogen-bond donors (Lipinski definition) is 3. The van der Waals surface area contributed by atoms with E-state index in [1.807, 2.05) is 6.08 Å². The van der Waals surface area contributed by atoms with Crippen LogP contribution in [0.5, 0.6) is 0 Å². The van der Waals surface area contributed by atoms with Gasteiger partial charge in [0.25, 0.3) is 0 Å². The van der Waals surface area contributed by atoms with Crippen molar-refractivity contribution in [2.75, 3.05) is 6.61 Å². The molecular weight excluding hydrogens is 602 g/mol. The predicted molar refractivity (Wildman–Crippen MR) is 216 cm³/mol. The van der Waals surface area contributed by atoms with Crippen LogP contribution in [0, 0.1) is 0 Å². The lowest BCUT2D eigenvalue weighted by Crippen LogP contribution is -2.45. The minimum atomic E-state index is -0.833. The highest BCUT2D eigenvalue weighted by atomic mass is 16.3.